The number of hydrogen-bond acceptors (Lipinski definition) is 3. The van der Waals surface area contributed by atoms with Gasteiger partial charge in [-0.15, -0.1) is 11.3 Å². The van der Waals surface area contributed by atoms with E-state index in [0.29, 0.717) is 17.7 Å². The van der Waals surface area contributed by atoms with Crippen LogP contribution in [0.1, 0.15) is 60.1 Å². The van der Waals surface area contributed by atoms with E-state index in [0.717, 1.165) is 12.0 Å². The van der Waals surface area contributed by atoms with E-state index >= 15 is 0 Å². The quantitative estimate of drug-likeness (QED) is 0.810. The molecule has 20 heavy (non-hydrogen) atoms. The van der Waals surface area contributed by atoms with Crippen molar-refractivity contribution in [1.29, 1.82) is 0 Å². The molecule has 1 aromatic heterocycles. The lowest BCUT2D eigenvalue weighted by molar-refractivity contribution is -0.138. The van der Waals surface area contributed by atoms with Crippen molar-refractivity contribution >= 4 is 23.2 Å². The molecule has 0 saturated heterocycles. The molecule has 0 aliphatic carbocycles. The Hall–Kier alpha value is -1.36. The second-order valence-electron chi connectivity index (χ2n) is 5.08. The maximum Gasteiger partial charge on any atom is 0.305 e. The maximum absolute atomic E-state index is 12.3. The predicted molar refractivity (Wildman–Crippen MR) is 81.5 cm³/mol. The number of amides is 1. The first-order valence-corrected chi connectivity index (χ1v) is 7.82. The highest BCUT2D eigenvalue weighted by atomic mass is 32.1. The van der Waals surface area contributed by atoms with Crippen LogP contribution in [-0.2, 0) is 11.2 Å². The Kier molecular flexibility index (Phi) is 5.74. The standard InChI is InChI=1S/C15H23NO3S/c1-5-11-10(4)8-12(20-11)14(19)16-15(6-2,7-3)9-13(17)18/h8H,5-7,9H2,1-4H3,(H,16,19)(H,17,18). The Bertz CT molecular complexity index is 489. The van der Waals surface area contributed by atoms with E-state index in [1.165, 1.54) is 16.2 Å². The lowest BCUT2D eigenvalue weighted by Crippen LogP contribution is -2.48. The first kappa shape index (κ1) is 16.7. The molecule has 1 heterocycles. The number of carboxylic acids is 1. The van der Waals surface area contributed by atoms with Crippen LogP contribution in [0.25, 0.3) is 0 Å². The molecule has 0 unspecified atom stereocenters. The van der Waals surface area contributed by atoms with E-state index in [1.54, 1.807) is 0 Å². The predicted octanol–water partition coefficient (Wildman–Crippen LogP) is 3.38. The van der Waals surface area contributed by atoms with Crippen LogP contribution in [0.3, 0.4) is 0 Å². The fourth-order valence-electron chi connectivity index (χ4n) is 2.30. The molecule has 0 fully saturated rings. The molecular formula is C15H23NO3S. The van der Waals surface area contributed by atoms with Gasteiger partial charge in [-0.1, -0.05) is 20.8 Å². The number of hydrogen-bond donors (Lipinski definition) is 2. The summed E-state index contributed by atoms with van der Waals surface area (Å²) in [5.41, 5.74) is 0.465. The minimum atomic E-state index is -0.884. The largest absolute Gasteiger partial charge is 0.481 e. The lowest BCUT2D eigenvalue weighted by Gasteiger charge is -2.31. The molecule has 0 spiro atoms. The second kappa shape index (κ2) is 6.88. The fourth-order valence-corrected chi connectivity index (χ4v) is 3.30. The highest BCUT2D eigenvalue weighted by Gasteiger charge is 2.31. The maximum atomic E-state index is 12.3. The Morgan fingerprint density at radius 1 is 1.30 bits per heavy atom. The zero-order chi connectivity index (χ0) is 15.3. The summed E-state index contributed by atoms with van der Waals surface area (Å²) < 4.78 is 0. The molecule has 0 atom stereocenters. The molecule has 0 aliphatic heterocycles. The van der Waals surface area contributed by atoms with Crippen molar-refractivity contribution in [3.05, 3.63) is 21.4 Å². The van der Waals surface area contributed by atoms with Gasteiger partial charge in [0.25, 0.3) is 5.91 Å². The van der Waals surface area contributed by atoms with Crippen LogP contribution < -0.4 is 5.32 Å². The van der Waals surface area contributed by atoms with E-state index in [1.807, 2.05) is 26.8 Å². The summed E-state index contributed by atoms with van der Waals surface area (Å²) in [5, 5.41) is 12.0. The van der Waals surface area contributed by atoms with E-state index in [9.17, 15) is 9.59 Å². The third-order valence-electron chi connectivity index (χ3n) is 3.79. The molecule has 5 heteroatoms. The molecule has 0 radical (unpaired) electrons. The van der Waals surface area contributed by atoms with E-state index in [2.05, 4.69) is 12.2 Å². The molecule has 1 amide bonds. The van der Waals surface area contributed by atoms with Crippen molar-refractivity contribution in [3.63, 3.8) is 0 Å². The van der Waals surface area contributed by atoms with E-state index in [-0.39, 0.29) is 12.3 Å². The smallest absolute Gasteiger partial charge is 0.305 e. The zero-order valence-electron chi connectivity index (χ0n) is 12.6. The van der Waals surface area contributed by atoms with Gasteiger partial charge in [0, 0.05) is 4.88 Å². The van der Waals surface area contributed by atoms with Crippen molar-refractivity contribution in [2.24, 2.45) is 0 Å². The van der Waals surface area contributed by atoms with Crippen LogP contribution in [0.5, 0.6) is 0 Å². The molecule has 0 aromatic carbocycles. The van der Waals surface area contributed by atoms with Crippen LogP contribution in [0.15, 0.2) is 6.07 Å². The Labute approximate surface area is 124 Å². The number of nitrogens with one attached hydrogen (secondary N) is 1. The first-order valence-electron chi connectivity index (χ1n) is 7.01. The first-order chi connectivity index (χ1) is 9.37. The van der Waals surface area contributed by atoms with Gasteiger partial charge in [0.15, 0.2) is 0 Å². The Morgan fingerprint density at radius 2 is 1.90 bits per heavy atom. The molecule has 0 bridgehead atoms. The van der Waals surface area contributed by atoms with Gasteiger partial charge in [0.05, 0.1) is 16.8 Å². The van der Waals surface area contributed by atoms with Crippen LogP contribution in [0.4, 0.5) is 0 Å². The van der Waals surface area contributed by atoms with Crippen molar-refractivity contribution in [2.75, 3.05) is 0 Å². The number of rotatable bonds is 7. The normalized spacial score (nSPS) is 11.4. The van der Waals surface area contributed by atoms with Crippen molar-refractivity contribution < 1.29 is 14.7 Å². The molecule has 112 valence electrons. The van der Waals surface area contributed by atoms with E-state index < -0.39 is 11.5 Å². The van der Waals surface area contributed by atoms with Gasteiger partial charge >= 0.3 is 5.97 Å². The minimum Gasteiger partial charge on any atom is -0.481 e. The number of carbonyl (C=O) groups is 2. The monoisotopic (exact) mass is 297 g/mol. The topological polar surface area (TPSA) is 66.4 Å². The van der Waals surface area contributed by atoms with Crippen molar-refractivity contribution in [2.45, 2.75) is 58.9 Å². The minimum absolute atomic E-state index is 0.0449. The zero-order valence-corrected chi connectivity index (χ0v) is 13.4. The number of carboxylic acid groups (broad SMARTS) is 1. The average molecular weight is 297 g/mol. The Morgan fingerprint density at radius 3 is 2.30 bits per heavy atom. The van der Waals surface area contributed by atoms with Crippen LogP contribution in [0.2, 0.25) is 0 Å². The highest BCUT2D eigenvalue weighted by Crippen LogP contribution is 2.25. The summed E-state index contributed by atoms with van der Waals surface area (Å²) >= 11 is 1.49. The number of aryl methyl sites for hydroxylation is 2. The van der Waals surface area contributed by atoms with Crippen LogP contribution in [0, 0.1) is 6.92 Å². The average Bonchev–Trinajstić information content (AvgIpc) is 2.78. The van der Waals surface area contributed by atoms with Gasteiger partial charge in [-0.2, -0.15) is 0 Å². The molecule has 4 nitrogen and oxygen atoms in total. The summed E-state index contributed by atoms with van der Waals surface area (Å²) in [6.45, 7) is 7.87. The molecule has 2 N–H and O–H groups in total. The highest BCUT2D eigenvalue weighted by molar-refractivity contribution is 7.14. The number of carbonyl (C=O) groups excluding carboxylic acids is 1. The van der Waals surface area contributed by atoms with Crippen molar-refractivity contribution in [1.82, 2.24) is 5.32 Å². The van der Waals surface area contributed by atoms with Gasteiger partial charge in [0.2, 0.25) is 0 Å². The van der Waals surface area contributed by atoms with Gasteiger partial charge in [-0.25, -0.2) is 0 Å². The number of thiophene rings is 1. The summed E-state index contributed by atoms with van der Waals surface area (Å²) in [6, 6.07) is 1.88. The molecule has 0 saturated carbocycles. The molecule has 1 aromatic rings. The van der Waals surface area contributed by atoms with E-state index in [4.69, 9.17) is 5.11 Å². The SMILES string of the molecule is CCc1sc(C(=O)NC(CC)(CC)CC(=O)O)cc1C. The summed E-state index contributed by atoms with van der Waals surface area (Å²) in [4.78, 5) is 25.2. The van der Waals surface area contributed by atoms with Gasteiger partial charge in [0.1, 0.15) is 0 Å². The molecular weight excluding hydrogens is 274 g/mol. The lowest BCUT2D eigenvalue weighted by atomic mass is 9.89. The molecule has 1 rings (SSSR count). The molecule has 0 aliphatic rings. The third kappa shape index (κ3) is 3.82. The second-order valence-corrected chi connectivity index (χ2v) is 6.22. The Balaban J connectivity index is 2.92. The van der Waals surface area contributed by atoms with Gasteiger partial charge in [-0.05, 0) is 37.8 Å². The summed E-state index contributed by atoms with van der Waals surface area (Å²) in [5.74, 6) is -1.05. The van der Waals surface area contributed by atoms with Gasteiger partial charge in [-0.3, -0.25) is 9.59 Å². The number of aliphatic carboxylic acids is 1. The summed E-state index contributed by atoms with van der Waals surface area (Å²) in [6.07, 6.45) is 2.07. The van der Waals surface area contributed by atoms with Crippen LogP contribution in [-0.4, -0.2) is 22.5 Å². The summed E-state index contributed by atoms with van der Waals surface area (Å²) in [7, 11) is 0. The van der Waals surface area contributed by atoms with Crippen LogP contribution >= 0.6 is 11.3 Å². The fraction of sp³-hybridized carbons (Fsp3) is 0.600. The van der Waals surface area contributed by atoms with Gasteiger partial charge < -0.3 is 10.4 Å². The van der Waals surface area contributed by atoms with Crippen molar-refractivity contribution in [3.8, 4) is 0 Å². The third-order valence-corrected chi connectivity index (χ3v) is 5.17.